The Morgan fingerprint density at radius 1 is 1.07 bits per heavy atom. The SMILES string of the molecule is CCCCCCC(C)(C)c1noc(NC(=O)c2c(OCC)cccc2OCC)c1C. The predicted molar refractivity (Wildman–Crippen MR) is 120 cm³/mol. The number of nitrogens with one attached hydrogen (secondary N) is 1. The number of benzene rings is 1. The minimum atomic E-state index is -0.339. The van der Waals surface area contributed by atoms with E-state index < -0.39 is 0 Å². The molecule has 1 heterocycles. The molecule has 2 aromatic rings. The first kappa shape index (κ1) is 23.8. The monoisotopic (exact) mass is 416 g/mol. The third-order valence-electron chi connectivity index (χ3n) is 5.26. The van der Waals surface area contributed by atoms with Crippen LogP contribution < -0.4 is 14.8 Å². The molecule has 0 radical (unpaired) electrons. The molecule has 0 atom stereocenters. The number of hydrogen-bond donors (Lipinski definition) is 1. The Morgan fingerprint density at radius 3 is 2.27 bits per heavy atom. The summed E-state index contributed by atoms with van der Waals surface area (Å²) in [7, 11) is 0. The Balaban J connectivity index is 2.23. The molecule has 0 spiro atoms. The van der Waals surface area contributed by atoms with Gasteiger partial charge < -0.3 is 14.0 Å². The Bertz CT molecular complexity index is 802. The quantitative estimate of drug-likeness (QED) is 0.412. The van der Waals surface area contributed by atoms with E-state index in [1.54, 1.807) is 12.1 Å². The van der Waals surface area contributed by atoms with E-state index in [1.165, 1.54) is 19.3 Å². The summed E-state index contributed by atoms with van der Waals surface area (Å²) in [5, 5.41) is 7.16. The number of carbonyl (C=O) groups excluding carboxylic acids is 1. The summed E-state index contributed by atoms with van der Waals surface area (Å²) in [4.78, 5) is 13.1. The molecule has 166 valence electrons. The summed E-state index contributed by atoms with van der Waals surface area (Å²) in [6.45, 7) is 13.2. The lowest BCUT2D eigenvalue weighted by Crippen LogP contribution is -2.19. The van der Waals surface area contributed by atoms with Gasteiger partial charge in [-0.3, -0.25) is 10.1 Å². The second kappa shape index (κ2) is 11.0. The molecule has 0 aliphatic rings. The topological polar surface area (TPSA) is 73.6 Å². The third kappa shape index (κ3) is 5.77. The number of amides is 1. The number of ether oxygens (including phenoxy) is 2. The van der Waals surface area contributed by atoms with Crippen molar-refractivity contribution in [1.29, 1.82) is 0 Å². The smallest absolute Gasteiger partial charge is 0.265 e. The van der Waals surface area contributed by atoms with Gasteiger partial charge in [-0.15, -0.1) is 0 Å². The van der Waals surface area contributed by atoms with Crippen molar-refractivity contribution in [2.45, 2.75) is 79.1 Å². The fourth-order valence-corrected chi connectivity index (χ4v) is 3.65. The van der Waals surface area contributed by atoms with Crippen LogP contribution in [0.5, 0.6) is 11.5 Å². The highest BCUT2D eigenvalue weighted by molar-refractivity contribution is 6.08. The summed E-state index contributed by atoms with van der Waals surface area (Å²) in [5.74, 6) is 0.989. The van der Waals surface area contributed by atoms with Crippen LogP contribution in [0.3, 0.4) is 0 Å². The Labute approximate surface area is 180 Å². The average Bonchev–Trinajstić information content (AvgIpc) is 3.07. The van der Waals surface area contributed by atoms with E-state index >= 15 is 0 Å². The lowest BCUT2D eigenvalue weighted by atomic mass is 9.82. The molecular formula is C24H36N2O4. The molecule has 0 saturated carbocycles. The first-order valence-corrected chi connectivity index (χ1v) is 11.0. The van der Waals surface area contributed by atoms with Crippen molar-refractivity contribution >= 4 is 11.8 Å². The van der Waals surface area contributed by atoms with E-state index in [1.807, 2.05) is 26.8 Å². The van der Waals surface area contributed by atoms with Gasteiger partial charge in [0.2, 0.25) is 5.88 Å². The second-order valence-corrected chi connectivity index (χ2v) is 8.13. The van der Waals surface area contributed by atoms with Crippen molar-refractivity contribution in [3.8, 4) is 11.5 Å². The highest BCUT2D eigenvalue weighted by Crippen LogP contribution is 2.35. The van der Waals surface area contributed by atoms with Gasteiger partial charge in [0.05, 0.1) is 18.9 Å². The Hall–Kier alpha value is -2.50. The van der Waals surface area contributed by atoms with Crippen LogP contribution in [0, 0.1) is 6.92 Å². The zero-order valence-electron chi connectivity index (χ0n) is 19.3. The molecule has 0 aliphatic carbocycles. The van der Waals surface area contributed by atoms with E-state index in [2.05, 4.69) is 31.2 Å². The first-order chi connectivity index (χ1) is 14.4. The van der Waals surface area contributed by atoms with Gasteiger partial charge in [-0.05, 0) is 39.3 Å². The maximum atomic E-state index is 13.1. The van der Waals surface area contributed by atoms with E-state index in [0.717, 1.165) is 24.1 Å². The van der Waals surface area contributed by atoms with Gasteiger partial charge in [0, 0.05) is 11.0 Å². The fourth-order valence-electron chi connectivity index (χ4n) is 3.65. The van der Waals surface area contributed by atoms with Crippen LogP contribution in [0.25, 0.3) is 0 Å². The van der Waals surface area contributed by atoms with Crippen LogP contribution in [0.4, 0.5) is 5.88 Å². The number of nitrogens with zero attached hydrogens (tertiary/aromatic N) is 1. The molecule has 6 heteroatoms. The number of carbonyl (C=O) groups is 1. The summed E-state index contributed by atoms with van der Waals surface area (Å²) in [5.41, 5.74) is 1.98. The minimum absolute atomic E-state index is 0.121. The van der Waals surface area contributed by atoms with Crippen LogP contribution in [0.15, 0.2) is 22.7 Å². The van der Waals surface area contributed by atoms with Crippen molar-refractivity contribution in [1.82, 2.24) is 5.16 Å². The predicted octanol–water partition coefficient (Wildman–Crippen LogP) is 6.28. The number of hydrogen-bond acceptors (Lipinski definition) is 5. The summed E-state index contributed by atoms with van der Waals surface area (Å²) >= 11 is 0. The highest BCUT2D eigenvalue weighted by atomic mass is 16.5. The van der Waals surface area contributed by atoms with Crippen LogP contribution in [-0.2, 0) is 5.41 Å². The molecule has 0 bridgehead atoms. The standard InChI is InChI=1S/C24H36N2O4/c1-7-10-11-12-16-24(5,6)21-17(4)23(30-26-21)25-22(27)20-18(28-8-2)14-13-15-19(20)29-9-3/h13-15H,7-12,16H2,1-6H3,(H,25,27). The maximum absolute atomic E-state index is 13.1. The van der Waals surface area contributed by atoms with E-state index in [4.69, 9.17) is 14.0 Å². The molecular weight excluding hydrogens is 380 g/mol. The van der Waals surface area contributed by atoms with Crippen LogP contribution >= 0.6 is 0 Å². The van der Waals surface area contributed by atoms with E-state index in [0.29, 0.717) is 36.2 Å². The molecule has 1 N–H and O–H groups in total. The first-order valence-electron chi connectivity index (χ1n) is 11.0. The lowest BCUT2D eigenvalue weighted by Gasteiger charge is -2.22. The molecule has 1 amide bonds. The molecule has 1 aromatic carbocycles. The maximum Gasteiger partial charge on any atom is 0.265 e. The molecule has 0 fully saturated rings. The van der Waals surface area contributed by atoms with Gasteiger partial charge in [0.25, 0.3) is 5.91 Å². The largest absolute Gasteiger partial charge is 0.493 e. The van der Waals surface area contributed by atoms with Gasteiger partial charge in [-0.2, -0.15) is 0 Å². The van der Waals surface area contributed by atoms with Crippen LogP contribution in [-0.4, -0.2) is 24.3 Å². The van der Waals surface area contributed by atoms with E-state index in [9.17, 15) is 4.79 Å². The van der Waals surface area contributed by atoms with E-state index in [-0.39, 0.29) is 11.3 Å². The fraction of sp³-hybridized carbons (Fsp3) is 0.583. The van der Waals surface area contributed by atoms with Gasteiger partial charge >= 0.3 is 0 Å². The normalized spacial score (nSPS) is 11.4. The molecule has 1 aromatic heterocycles. The number of rotatable bonds is 12. The highest BCUT2D eigenvalue weighted by Gasteiger charge is 2.29. The Morgan fingerprint density at radius 2 is 1.70 bits per heavy atom. The minimum Gasteiger partial charge on any atom is -0.493 e. The van der Waals surface area contributed by atoms with Crippen LogP contribution in [0.2, 0.25) is 0 Å². The number of aromatic nitrogens is 1. The third-order valence-corrected chi connectivity index (χ3v) is 5.26. The average molecular weight is 417 g/mol. The van der Waals surface area contributed by atoms with Crippen molar-refractivity contribution in [2.24, 2.45) is 0 Å². The zero-order valence-corrected chi connectivity index (χ0v) is 19.3. The molecule has 2 rings (SSSR count). The van der Waals surface area contributed by atoms with Gasteiger partial charge in [-0.25, -0.2) is 0 Å². The molecule has 0 unspecified atom stereocenters. The molecule has 30 heavy (non-hydrogen) atoms. The van der Waals surface area contributed by atoms with Crippen molar-refractivity contribution in [2.75, 3.05) is 18.5 Å². The lowest BCUT2D eigenvalue weighted by molar-refractivity contribution is 0.101. The van der Waals surface area contributed by atoms with Gasteiger partial charge in [-0.1, -0.05) is 57.7 Å². The number of unbranched alkanes of at least 4 members (excludes halogenated alkanes) is 3. The molecule has 6 nitrogen and oxygen atoms in total. The van der Waals surface area contributed by atoms with Gasteiger partial charge in [0.1, 0.15) is 17.1 Å². The zero-order chi connectivity index (χ0) is 22.1. The summed E-state index contributed by atoms with van der Waals surface area (Å²) < 4.78 is 16.8. The van der Waals surface area contributed by atoms with Crippen LogP contribution in [0.1, 0.15) is 88.3 Å². The summed E-state index contributed by atoms with van der Waals surface area (Å²) in [6.07, 6.45) is 5.85. The van der Waals surface area contributed by atoms with Crippen molar-refractivity contribution < 1.29 is 18.8 Å². The van der Waals surface area contributed by atoms with Crippen molar-refractivity contribution in [3.05, 3.63) is 35.0 Å². The molecule has 0 aliphatic heterocycles. The Kier molecular flexibility index (Phi) is 8.75. The van der Waals surface area contributed by atoms with Crippen molar-refractivity contribution in [3.63, 3.8) is 0 Å². The summed E-state index contributed by atoms with van der Waals surface area (Å²) in [6, 6.07) is 5.34. The molecule has 0 saturated heterocycles. The number of anilines is 1. The second-order valence-electron chi connectivity index (χ2n) is 8.13. The van der Waals surface area contributed by atoms with Gasteiger partial charge in [0.15, 0.2) is 0 Å².